The maximum atomic E-state index is 11.7. The van der Waals surface area contributed by atoms with E-state index in [2.05, 4.69) is 0 Å². The molecule has 0 aliphatic heterocycles. The van der Waals surface area contributed by atoms with Crippen molar-refractivity contribution in [3.05, 3.63) is 0 Å². The Bertz CT molecular complexity index is 240. The van der Waals surface area contributed by atoms with Crippen LogP contribution in [0.25, 0.3) is 0 Å². The summed E-state index contributed by atoms with van der Waals surface area (Å²) in [5.41, 5.74) is 0. The molecule has 1 unspecified atom stereocenters. The second-order valence-corrected chi connectivity index (χ2v) is 4.03. The highest BCUT2D eigenvalue weighted by atomic mass is 16.5. The van der Waals surface area contributed by atoms with E-state index >= 15 is 0 Å². The highest BCUT2D eigenvalue weighted by Crippen LogP contribution is 2.04. The third-order valence-electron chi connectivity index (χ3n) is 2.29. The lowest BCUT2D eigenvalue weighted by Crippen LogP contribution is -2.43. The molecule has 0 saturated carbocycles. The summed E-state index contributed by atoms with van der Waals surface area (Å²) in [6.45, 7) is 7.08. The van der Waals surface area contributed by atoms with Gasteiger partial charge >= 0.3 is 5.97 Å². The Labute approximate surface area is 96.4 Å². The quantitative estimate of drug-likeness (QED) is 0.713. The van der Waals surface area contributed by atoms with E-state index in [0.717, 1.165) is 6.42 Å². The van der Waals surface area contributed by atoms with Gasteiger partial charge in [-0.1, -0.05) is 6.92 Å². The van der Waals surface area contributed by atoms with E-state index in [4.69, 9.17) is 9.84 Å². The molecule has 1 amide bonds. The molecule has 0 heterocycles. The van der Waals surface area contributed by atoms with Crippen LogP contribution in [0.1, 0.15) is 34.1 Å². The van der Waals surface area contributed by atoms with Crippen LogP contribution in [0.2, 0.25) is 0 Å². The van der Waals surface area contributed by atoms with Gasteiger partial charge in [-0.05, 0) is 27.2 Å². The van der Waals surface area contributed by atoms with Crippen molar-refractivity contribution in [3.8, 4) is 0 Å². The fourth-order valence-electron chi connectivity index (χ4n) is 1.18. The lowest BCUT2D eigenvalue weighted by Gasteiger charge is -2.27. The second kappa shape index (κ2) is 7.22. The van der Waals surface area contributed by atoms with Gasteiger partial charge in [-0.3, -0.25) is 9.59 Å². The van der Waals surface area contributed by atoms with E-state index in [1.54, 1.807) is 0 Å². The SMILES string of the molecule is CCC(C)N(CC(=O)O)C(=O)COC(C)C. The molecule has 0 aliphatic carbocycles. The normalized spacial score (nSPS) is 12.6. The van der Waals surface area contributed by atoms with E-state index in [0.29, 0.717) is 0 Å². The lowest BCUT2D eigenvalue weighted by atomic mass is 10.2. The smallest absolute Gasteiger partial charge is 0.323 e. The van der Waals surface area contributed by atoms with Gasteiger partial charge in [0.15, 0.2) is 0 Å². The zero-order valence-electron chi connectivity index (χ0n) is 10.4. The number of carbonyl (C=O) groups is 2. The Morgan fingerprint density at radius 2 is 1.88 bits per heavy atom. The van der Waals surface area contributed by atoms with Crippen LogP contribution in [-0.4, -0.2) is 47.2 Å². The van der Waals surface area contributed by atoms with E-state index in [1.807, 2.05) is 27.7 Å². The van der Waals surface area contributed by atoms with Gasteiger partial charge in [-0.2, -0.15) is 0 Å². The van der Waals surface area contributed by atoms with Gasteiger partial charge in [0.2, 0.25) is 5.91 Å². The molecular formula is C11H21NO4. The monoisotopic (exact) mass is 231 g/mol. The van der Waals surface area contributed by atoms with E-state index < -0.39 is 5.97 Å². The number of ether oxygens (including phenoxy) is 1. The number of rotatable bonds is 7. The summed E-state index contributed by atoms with van der Waals surface area (Å²) >= 11 is 0. The fourth-order valence-corrected chi connectivity index (χ4v) is 1.18. The molecule has 5 heteroatoms. The summed E-state index contributed by atoms with van der Waals surface area (Å²) in [5.74, 6) is -1.27. The van der Waals surface area contributed by atoms with Crippen molar-refractivity contribution < 1.29 is 19.4 Å². The second-order valence-electron chi connectivity index (χ2n) is 4.03. The molecule has 16 heavy (non-hydrogen) atoms. The minimum absolute atomic E-state index is 0.0347. The molecule has 5 nitrogen and oxygen atoms in total. The average molecular weight is 231 g/mol. The van der Waals surface area contributed by atoms with Crippen LogP contribution >= 0.6 is 0 Å². The average Bonchev–Trinajstić information content (AvgIpc) is 2.21. The van der Waals surface area contributed by atoms with Crippen molar-refractivity contribution in [2.45, 2.75) is 46.3 Å². The highest BCUT2D eigenvalue weighted by molar-refractivity contribution is 5.82. The third kappa shape index (κ3) is 5.70. The molecule has 0 bridgehead atoms. The topological polar surface area (TPSA) is 66.8 Å². The minimum Gasteiger partial charge on any atom is -0.480 e. The van der Waals surface area contributed by atoms with Crippen molar-refractivity contribution in [2.75, 3.05) is 13.2 Å². The first-order valence-electron chi connectivity index (χ1n) is 5.51. The van der Waals surface area contributed by atoms with Crippen LogP contribution in [0.5, 0.6) is 0 Å². The minimum atomic E-state index is -1.00. The molecule has 0 aromatic heterocycles. The number of amides is 1. The van der Waals surface area contributed by atoms with Gasteiger partial charge < -0.3 is 14.7 Å². The molecule has 0 aromatic rings. The number of carboxylic acids is 1. The molecule has 0 rings (SSSR count). The Morgan fingerprint density at radius 1 is 1.31 bits per heavy atom. The molecule has 0 aromatic carbocycles. The van der Waals surface area contributed by atoms with Crippen molar-refractivity contribution >= 4 is 11.9 Å². The number of hydrogen-bond acceptors (Lipinski definition) is 3. The number of hydrogen-bond donors (Lipinski definition) is 1. The molecular weight excluding hydrogens is 210 g/mol. The Morgan fingerprint density at radius 3 is 2.25 bits per heavy atom. The van der Waals surface area contributed by atoms with Gasteiger partial charge in [0.25, 0.3) is 0 Å². The van der Waals surface area contributed by atoms with E-state index in [-0.39, 0.29) is 31.2 Å². The van der Waals surface area contributed by atoms with E-state index in [9.17, 15) is 9.59 Å². The molecule has 0 saturated heterocycles. The summed E-state index contributed by atoms with van der Waals surface area (Å²) in [6, 6.07) is -0.0839. The maximum Gasteiger partial charge on any atom is 0.323 e. The molecule has 0 fully saturated rings. The van der Waals surface area contributed by atoms with Crippen LogP contribution < -0.4 is 0 Å². The van der Waals surface area contributed by atoms with Crippen LogP contribution in [0.15, 0.2) is 0 Å². The van der Waals surface area contributed by atoms with Gasteiger partial charge in [-0.25, -0.2) is 0 Å². The van der Waals surface area contributed by atoms with Gasteiger partial charge in [0.05, 0.1) is 6.10 Å². The van der Waals surface area contributed by atoms with Crippen molar-refractivity contribution in [1.82, 2.24) is 4.90 Å². The molecule has 0 radical (unpaired) electrons. The van der Waals surface area contributed by atoms with Crippen molar-refractivity contribution in [1.29, 1.82) is 0 Å². The molecule has 0 spiro atoms. The predicted octanol–water partition coefficient (Wildman–Crippen LogP) is 1.12. The van der Waals surface area contributed by atoms with Crippen LogP contribution in [-0.2, 0) is 14.3 Å². The zero-order valence-corrected chi connectivity index (χ0v) is 10.4. The van der Waals surface area contributed by atoms with Crippen molar-refractivity contribution in [2.24, 2.45) is 0 Å². The maximum absolute atomic E-state index is 11.7. The summed E-state index contributed by atoms with van der Waals surface area (Å²) in [7, 11) is 0. The summed E-state index contributed by atoms with van der Waals surface area (Å²) in [6.07, 6.45) is 0.688. The largest absolute Gasteiger partial charge is 0.480 e. The van der Waals surface area contributed by atoms with Gasteiger partial charge in [0, 0.05) is 6.04 Å². The lowest BCUT2D eigenvalue weighted by molar-refractivity contribution is -0.149. The summed E-state index contributed by atoms with van der Waals surface area (Å²) < 4.78 is 5.18. The summed E-state index contributed by atoms with van der Waals surface area (Å²) in [4.78, 5) is 23.7. The third-order valence-corrected chi connectivity index (χ3v) is 2.29. The highest BCUT2D eigenvalue weighted by Gasteiger charge is 2.21. The van der Waals surface area contributed by atoms with Gasteiger partial charge in [-0.15, -0.1) is 0 Å². The van der Waals surface area contributed by atoms with E-state index in [1.165, 1.54) is 4.90 Å². The number of carbonyl (C=O) groups excluding carboxylic acids is 1. The van der Waals surface area contributed by atoms with Crippen LogP contribution in [0, 0.1) is 0 Å². The molecule has 1 N–H and O–H groups in total. The Kier molecular flexibility index (Phi) is 6.72. The standard InChI is InChI=1S/C11H21NO4/c1-5-9(4)12(6-11(14)15)10(13)7-16-8(2)3/h8-9H,5-7H2,1-4H3,(H,14,15). The summed E-state index contributed by atoms with van der Waals surface area (Å²) in [5, 5.41) is 8.72. The number of aliphatic carboxylic acids is 1. The Balaban J connectivity index is 4.37. The van der Waals surface area contributed by atoms with Gasteiger partial charge in [0.1, 0.15) is 13.2 Å². The van der Waals surface area contributed by atoms with Crippen LogP contribution in [0.3, 0.4) is 0 Å². The van der Waals surface area contributed by atoms with Crippen molar-refractivity contribution in [3.63, 3.8) is 0 Å². The fraction of sp³-hybridized carbons (Fsp3) is 0.818. The number of carboxylic acid groups (broad SMARTS) is 1. The first-order valence-corrected chi connectivity index (χ1v) is 5.51. The van der Waals surface area contributed by atoms with Crippen LogP contribution in [0.4, 0.5) is 0 Å². The molecule has 0 aliphatic rings. The first kappa shape index (κ1) is 14.9. The predicted molar refractivity (Wildman–Crippen MR) is 60.2 cm³/mol. The zero-order chi connectivity index (χ0) is 12.7. The first-order chi connectivity index (χ1) is 7.38. The molecule has 1 atom stereocenters. The Hall–Kier alpha value is -1.10. The molecule has 94 valence electrons. The number of nitrogens with zero attached hydrogens (tertiary/aromatic N) is 1.